The van der Waals surface area contributed by atoms with Gasteiger partial charge in [-0.2, -0.15) is 0 Å². The molecule has 1 saturated heterocycles. The highest BCUT2D eigenvalue weighted by Crippen LogP contribution is 2.37. The van der Waals surface area contributed by atoms with Crippen molar-refractivity contribution in [1.82, 2.24) is 4.90 Å². The first kappa shape index (κ1) is 14.3. The van der Waals surface area contributed by atoms with Gasteiger partial charge in [0, 0.05) is 18.7 Å². The summed E-state index contributed by atoms with van der Waals surface area (Å²) in [5.74, 6) is -0.000827. The minimum absolute atomic E-state index is 0.746. The summed E-state index contributed by atoms with van der Waals surface area (Å²) in [5.41, 5.74) is 2.27. The quantitative estimate of drug-likeness (QED) is 0.860. The molecule has 0 aromatic heterocycles. The summed E-state index contributed by atoms with van der Waals surface area (Å²) in [7, 11) is 0. The average molecular weight is 285 g/mol. The zero-order valence-electron chi connectivity index (χ0n) is 12.4. The summed E-state index contributed by atoms with van der Waals surface area (Å²) in [6, 6.07) is 8.89. The number of carboxylic acid groups (broad SMARTS) is 1. The SMILES string of the molecule is O=C(O)C=Cc1ccccc1CN1CCCC2CCCC21. The predicted octanol–water partition coefficient (Wildman–Crippen LogP) is 3.55. The predicted molar refractivity (Wildman–Crippen MR) is 83.9 cm³/mol. The molecule has 3 heteroatoms. The number of benzene rings is 1. The van der Waals surface area contributed by atoms with Crippen LogP contribution in [0.25, 0.3) is 6.08 Å². The molecule has 3 rings (SSSR count). The molecule has 1 saturated carbocycles. The summed E-state index contributed by atoms with van der Waals surface area (Å²) in [4.78, 5) is 13.3. The van der Waals surface area contributed by atoms with Crippen LogP contribution in [0, 0.1) is 5.92 Å². The van der Waals surface area contributed by atoms with Crippen molar-refractivity contribution in [3.8, 4) is 0 Å². The molecule has 1 N–H and O–H groups in total. The maximum Gasteiger partial charge on any atom is 0.328 e. The molecule has 2 fully saturated rings. The third kappa shape index (κ3) is 3.35. The Hall–Kier alpha value is -1.61. The molecule has 112 valence electrons. The smallest absolute Gasteiger partial charge is 0.328 e. The van der Waals surface area contributed by atoms with Crippen LogP contribution in [-0.4, -0.2) is 28.6 Å². The Morgan fingerprint density at radius 2 is 2.05 bits per heavy atom. The van der Waals surface area contributed by atoms with E-state index in [2.05, 4.69) is 11.0 Å². The van der Waals surface area contributed by atoms with Gasteiger partial charge in [0.15, 0.2) is 0 Å². The van der Waals surface area contributed by atoms with Crippen LogP contribution in [0.5, 0.6) is 0 Å². The molecule has 3 nitrogen and oxygen atoms in total. The number of likely N-dealkylation sites (tertiary alicyclic amines) is 1. The van der Waals surface area contributed by atoms with Crippen molar-refractivity contribution < 1.29 is 9.90 Å². The van der Waals surface area contributed by atoms with Crippen molar-refractivity contribution in [2.24, 2.45) is 5.92 Å². The van der Waals surface area contributed by atoms with Gasteiger partial charge in [-0.05, 0) is 55.3 Å². The molecule has 21 heavy (non-hydrogen) atoms. The van der Waals surface area contributed by atoms with Gasteiger partial charge in [-0.3, -0.25) is 4.90 Å². The highest BCUT2D eigenvalue weighted by Gasteiger charge is 2.34. The Morgan fingerprint density at radius 3 is 2.90 bits per heavy atom. The second-order valence-corrected chi connectivity index (χ2v) is 6.24. The Kier molecular flexibility index (Phi) is 4.39. The highest BCUT2D eigenvalue weighted by molar-refractivity contribution is 5.85. The molecule has 1 aliphatic carbocycles. The van der Waals surface area contributed by atoms with Crippen LogP contribution in [0.2, 0.25) is 0 Å². The maximum atomic E-state index is 10.7. The first-order valence-corrected chi connectivity index (χ1v) is 7.97. The van der Waals surface area contributed by atoms with Gasteiger partial charge in [-0.25, -0.2) is 4.79 Å². The summed E-state index contributed by atoms with van der Waals surface area (Å²) >= 11 is 0. The van der Waals surface area contributed by atoms with Gasteiger partial charge >= 0.3 is 5.97 Å². The van der Waals surface area contributed by atoms with Gasteiger partial charge in [-0.1, -0.05) is 30.7 Å². The van der Waals surface area contributed by atoms with E-state index in [0.29, 0.717) is 0 Å². The molecular formula is C18H23NO2. The van der Waals surface area contributed by atoms with Gasteiger partial charge in [0.2, 0.25) is 0 Å². The van der Waals surface area contributed by atoms with Gasteiger partial charge in [0.05, 0.1) is 0 Å². The molecule has 2 aliphatic rings. The number of fused-ring (bicyclic) bond motifs is 1. The molecule has 1 aromatic rings. The van der Waals surface area contributed by atoms with E-state index >= 15 is 0 Å². The van der Waals surface area contributed by atoms with Crippen LogP contribution in [0.1, 0.15) is 43.2 Å². The van der Waals surface area contributed by atoms with Gasteiger partial charge in [0.25, 0.3) is 0 Å². The zero-order chi connectivity index (χ0) is 14.7. The number of carbonyl (C=O) groups is 1. The van der Waals surface area contributed by atoms with Gasteiger partial charge in [0.1, 0.15) is 0 Å². The third-order valence-corrected chi connectivity index (χ3v) is 4.94. The molecule has 0 spiro atoms. The van der Waals surface area contributed by atoms with Crippen molar-refractivity contribution in [2.75, 3.05) is 6.54 Å². The van der Waals surface area contributed by atoms with E-state index in [1.54, 1.807) is 6.08 Å². The fraction of sp³-hybridized carbons (Fsp3) is 0.500. The van der Waals surface area contributed by atoms with Crippen molar-refractivity contribution in [2.45, 2.75) is 44.7 Å². The zero-order valence-corrected chi connectivity index (χ0v) is 12.4. The molecule has 1 heterocycles. The van der Waals surface area contributed by atoms with Crippen molar-refractivity contribution in [3.05, 3.63) is 41.5 Å². The molecular weight excluding hydrogens is 262 g/mol. The first-order valence-electron chi connectivity index (χ1n) is 7.97. The molecule has 2 atom stereocenters. The monoisotopic (exact) mass is 285 g/mol. The van der Waals surface area contributed by atoms with E-state index in [1.807, 2.05) is 18.2 Å². The second-order valence-electron chi connectivity index (χ2n) is 6.24. The summed E-state index contributed by atoms with van der Waals surface area (Å²) in [5, 5.41) is 8.81. The van der Waals surface area contributed by atoms with Crippen LogP contribution >= 0.6 is 0 Å². The maximum absolute atomic E-state index is 10.7. The fourth-order valence-corrected chi connectivity index (χ4v) is 3.97. The molecule has 1 aromatic carbocycles. The standard InChI is InChI=1S/C18H23NO2/c20-18(21)11-10-14-5-1-2-6-16(14)13-19-12-4-8-15-7-3-9-17(15)19/h1-2,5-6,10-11,15,17H,3-4,7-9,12-13H2,(H,20,21). The van der Waals surface area contributed by atoms with Crippen molar-refractivity contribution in [1.29, 1.82) is 0 Å². The summed E-state index contributed by atoms with van der Waals surface area (Å²) in [6.07, 6.45) is 9.73. The van der Waals surface area contributed by atoms with Crippen LogP contribution in [0.3, 0.4) is 0 Å². The second kappa shape index (κ2) is 6.44. The van der Waals surface area contributed by atoms with E-state index in [9.17, 15) is 4.79 Å². The lowest BCUT2D eigenvalue weighted by Crippen LogP contribution is -2.41. The average Bonchev–Trinajstić information content (AvgIpc) is 2.96. The number of hydrogen-bond donors (Lipinski definition) is 1. The normalized spacial score (nSPS) is 26.1. The van der Waals surface area contributed by atoms with E-state index < -0.39 is 5.97 Å². The van der Waals surface area contributed by atoms with E-state index in [0.717, 1.165) is 24.1 Å². The molecule has 0 radical (unpaired) electrons. The number of rotatable bonds is 4. The number of aliphatic carboxylic acids is 1. The number of hydrogen-bond acceptors (Lipinski definition) is 2. The first-order chi connectivity index (χ1) is 10.2. The topological polar surface area (TPSA) is 40.5 Å². The van der Waals surface area contributed by atoms with Gasteiger partial charge in [-0.15, -0.1) is 0 Å². The number of carboxylic acids is 1. The van der Waals surface area contributed by atoms with Crippen LogP contribution in [-0.2, 0) is 11.3 Å². The van der Waals surface area contributed by atoms with Crippen molar-refractivity contribution >= 4 is 12.0 Å². The largest absolute Gasteiger partial charge is 0.478 e. The van der Waals surface area contributed by atoms with E-state index in [4.69, 9.17) is 5.11 Å². The summed E-state index contributed by atoms with van der Waals surface area (Å²) < 4.78 is 0. The molecule has 2 unspecified atom stereocenters. The fourth-order valence-electron chi connectivity index (χ4n) is 3.97. The highest BCUT2D eigenvalue weighted by atomic mass is 16.4. The Labute approximate surface area is 126 Å². The number of nitrogens with zero attached hydrogens (tertiary/aromatic N) is 1. The molecule has 0 bridgehead atoms. The van der Waals surface area contributed by atoms with E-state index in [-0.39, 0.29) is 0 Å². The van der Waals surface area contributed by atoms with Gasteiger partial charge < -0.3 is 5.11 Å². The minimum atomic E-state index is -0.890. The summed E-state index contributed by atoms with van der Waals surface area (Å²) in [6.45, 7) is 2.12. The van der Waals surface area contributed by atoms with E-state index in [1.165, 1.54) is 50.3 Å². The Morgan fingerprint density at radius 1 is 1.24 bits per heavy atom. The Balaban J connectivity index is 1.76. The lowest BCUT2D eigenvalue weighted by atomic mass is 9.91. The third-order valence-electron chi connectivity index (χ3n) is 4.94. The lowest BCUT2D eigenvalue weighted by molar-refractivity contribution is -0.131. The Bertz CT molecular complexity index is 538. The van der Waals surface area contributed by atoms with Crippen LogP contribution in [0.4, 0.5) is 0 Å². The lowest BCUT2D eigenvalue weighted by Gasteiger charge is -2.38. The van der Waals surface area contributed by atoms with Crippen LogP contribution < -0.4 is 0 Å². The number of piperidine rings is 1. The minimum Gasteiger partial charge on any atom is -0.478 e. The van der Waals surface area contributed by atoms with Crippen LogP contribution in [0.15, 0.2) is 30.3 Å². The molecule has 1 aliphatic heterocycles. The molecule has 0 amide bonds. The van der Waals surface area contributed by atoms with Crippen molar-refractivity contribution in [3.63, 3.8) is 0 Å².